The van der Waals surface area contributed by atoms with Crippen LogP contribution in [-0.4, -0.2) is 45.1 Å². The van der Waals surface area contributed by atoms with Crippen LogP contribution in [0.2, 0.25) is 5.02 Å². The van der Waals surface area contributed by atoms with Crippen molar-refractivity contribution < 1.29 is 23.6 Å². The van der Waals surface area contributed by atoms with Crippen LogP contribution in [0.5, 0.6) is 11.5 Å². The fourth-order valence-corrected chi connectivity index (χ4v) is 4.82. The number of nitrogens with zero attached hydrogens (tertiary/aromatic N) is 1. The van der Waals surface area contributed by atoms with E-state index in [-0.39, 0.29) is 23.7 Å². The van der Waals surface area contributed by atoms with E-state index < -0.39 is 6.04 Å². The summed E-state index contributed by atoms with van der Waals surface area (Å²) in [5.41, 5.74) is 2.15. The lowest BCUT2D eigenvalue weighted by atomic mass is 9.98. The number of likely N-dealkylation sites (N-methyl/N-ethyl adjacent to an activating group) is 1. The number of carbonyl (C=O) groups excluding carboxylic acids is 1. The molecule has 0 fully saturated rings. The maximum atomic E-state index is 13.6. The molecular weight excluding hydrogens is 492 g/mol. The highest BCUT2D eigenvalue weighted by atomic mass is 35.5. The van der Waals surface area contributed by atoms with E-state index in [1.165, 1.54) is 4.90 Å². The first kappa shape index (κ1) is 24.9. The average Bonchev–Trinajstić information content (AvgIpc) is 3.18. The summed E-state index contributed by atoms with van der Waals surface area (Å²) in [6, 6.07) is 19.4. The van der Waals surface area contributed by atoms with Crippen LogP contribution >= 0.6 is 11.6 Å². The normalized spacial score (nSPS) is 14.9. The number of rotatable bonds is 8. The number of para-hydroxylation sites is 1. The van der Waals surface area contributed by atoms with Crippen molar-refractivity contribution in [2.75, 3.05) is 34.3 Å². The number of carbonyl (C=O) groups is 1. The van der Waals surface area contributed by atoms with Crippen LogP contribution in [-0.2, 0) is 6.61 Å². The molecule has 0 unspecified atom stereocenters. The number of methoxy groups -OCH3 is 1. The molecule has 1 aliphatic rings. The minimum absolute atomic E-state index is 0.0977. The van der Waals surface area contributed by atoms with Gasteiger partial charge in [-0.3, -0.25) is 9.59 Å². The predicted octanol–water partition coefficient (Wildman–Crippen LogP) is 3.72. The van der Waals surface area contributed by atoms with Crippen molar-refractivity contribution in [1.82, 2.24) is 4.90 Å². The van der Waals surface area contributed by atoms with E-state index in [1.807, 2.05) is 50.5 Å². The monoisotopic (exact) mass is 519 g/mol. The minimum Gasteiger partial charge on any atom is -0.493 e. The number of ether oxygens (including phenoxy) is 2. The van der Waals surface area contributed by atoms with Gasteiger partial charge in [0.25, 0.3) is 5.91 Å². The molecule has 0 bridgehead atoms. The van der Waals surface area contributed by atoms with E-state index in [2.05, 4.69) is 0 Å². The maximum absolute atomic E-state index is 13.6. The molecule has 5 rings (SSSR count). The fraction of sp³-hybridized carbons (Fsp3) is 0.241. The van der Waals surface area contributed by atoms with Gasteiger partial charge >= 0.3 is 0 Å². The second kappa shape index (κ2) is 10.3. The predicted molar refractivity (Wildman–Crippen MR) is 142 cm³/mol. The number of hydrogen-bond donors (Lipinski definition) is 1. The topological polar surface area (TPSA) is 73.4 Å². The Hall–Kier alpha value is -3.81. The average molecular weight is 520 g/mol. The van der Waals surface area contributed by atoms with Crippen LogP contribution in [0.15, 0.2) is 75.9 Å². The SMILES string of the molecule is COc1cc([C@H]2c3c(oc4ccccc4c3=O)C(=O)N2CC[NH+](C)C)ccc1OCc1ccccc1Cl. The Morgan fingerprint density at radius 1 is 1.00 bits per heavy atom. The van der Waals surface area contributed by atoms with E-state index in [9.17, 15) is 9.59 Å². The zero-order valence-corrected chi connectivity index (χ0v) is 21.7. The number of quaternary nitrogens is 1. The Balaban J connectivity index is 1.56. The van der Waals surface area contributed by atoms with Crippen LogP contribution in [0.4, 0.5) is 0 Å². The highest BCUT2D eigenvalue weighted by Gasteiger charge is 2.43. The summed E-state index contributed by atoms with van der Waals surface area (Å²) in [6.07, 6.45) is 0. The molecule has 2 heterocycles. The Labute approximate surface area is 219 Å². The number of amides is 1. The van der Waals surface area contributed by atoms with E-state index in [1.54, 1.807) is 42.3 Å². The summed E-state index contributed by atoms with van der Waals surface area (Å²) in [5.74, 6) is 0.835. The second-order valence-electron chi connectivity index (χ2n) is 9.32. The molecule has 1 aromatic heterocycles. The van der Waals surface area contributed by atoms with Crippen molar-refractivity contribution in [3.05, 3.63) is 104 Å². The molecule has 8 heteroatoms. The lowest BCUT2D eigenvalue weighted by molar-refractivity contribution is -0.857. The van der Waals surface area contributed by atoms with Gasteiger partial charge in [-0.1, -0.05) is 48.0 Å². The molecule has 0 radical (unpaired) electrons. The lowest BCUT2D eigenvalue weighted by Gasteiger charge is -2.26. The summed E-state index contributed by atoms with van der Waals surface area (Å²) in [4.78, 5) is 30.0. The molecule has 7 nitrogen and oxygen atoms in total. The fourth-order valence-electron chi connectivity index (χ4n) is 4.63. The largest absolute Gasteiger partial charge is 0.493 e. The van der Waals surface area contributed by atoms with E-state index in [4.69, 9.17) is 25.5 Å². The van der Waals surface area contributed by atoms with Crippen molar-refractivity contribution in [2.24, 2.45) is 0 Å². The number of benzene rings is 3. The lowest BCUT2D eigenvalue weighted by Crippen LogP contribution is -3.06. The molecule has 0 saturated carbocycles. The quantitative estimate of drug-likeness (QED) is 0.384. The smallest absolute Gasteiger partial charge is 0.291 e. The summed E-state index contributed by atoms with van der Waals surface area (Å²) < 4.78 is 17.7. The second-order valence-corrected chi connectivity index (χ2v) is 9.73. The van der Waals surface area contributed by atoms with Crippen LogP contribution in [0, 0.1) is 0 Å². The molecule has 1 amide bonds. The van der Waals surface area contributed by atoms with E-state index in [0.717, 1.165) is 11.1 Å². The van der Waals surface area contributed by atoms with Gasteiger partial charge in [0, 0.05) is 10.6 Å². The van der Waals surface area contributed by atoms with Gasteiger partial charge in [-0.2, -0.15) is 0 Å². The van der Waals surface area contributed by atoms with Gasteiger partial charge in [0.05, 0.1) is 51.3 Å². The van der Waals surface area contributed by atoms with Crippen LogP contribution < -0.4 is 19.8 Å². The van der Waals surface area contributed by atoms with E-state index >= 15 is 0 Å². The zero-order chi connectivity index (χ0) is 26.1. The van der Waals surface area contributed by atoms with Gasteiger partial charge in [-0.05, 0) is 35.9 Å². The molecule has 1 atom stereocenters. The molecule has 0 saturated heterocycles. The number of hydrogen-bond acceptors (Lipinski definition) is 5. The van der Waals surface area contributed by atoms with Crippen LogP contribution in [0.1, 0.15) is 33.3 Å². The molecule has 4 aromatic rings. The Kier molecular flexibility index (Phi) is 6.91. The van der Waals surface area contributed by atoms with Gasteiger partial charge in [0.1, 0.15) is 12.2 Å². The Morgan fingerprint density at radius 2 is 1.76 bits per heavy atom. The van der Waals surface area contributed by atoms with Crippen molar-refractivity contribution >= 4 is 28.5 Å². The molecule has 1 aliphatic heterocycles. The van der Waals surface area contributed by atoms with Crippen LogP contribution in [0.3, 0.4) is 0 Å². The molecule has 1 N–H and O–H groups in total. The summed E-state index contributed by atoms with van der Waals surface area (Å²) in [6.45, 7) is 1.44. The van der Waals surface area contributed by atoms with Crippen molar-refractivity contribution in [3.8, 4) is 11.5 Å². The Bertz CT molecular complexity index is 1530. The number of halogens is 1. The van der Waals surface area contributed by atoms with Gasteiger partial charge in [0.2, 0.25) is 5.76 Å². The Morgan fingerprint density at radius 3 is 2.51 bits per heavy atom. The maximum Gasteiger partial charge on any atom is 0.291 e. The molecule has 190 valence electrons. The first-order valence-corrected chi connectivity index (χ1v) is 12.5. The highest BCUT2D eigenvalue weighted by Crippen LogP contribution is 2.41. The first-order chi connectivity index (χ1) is 17.9. The van der Waals surface area contributed by atoms with Gasteiger partial charge in [-0.25, -0.2) is 0 Å². The third kappa shape index (κ3) is 4.68. The van der Waals surface area contributed by atoms with Crippen molar-refractivity contribution in [2.45, 2.75) is 12.6 Å². The van der Waals surface area contributed by atoms with Gasteiger partial charge < -0.3 is 23.7 Å². The van der Waals surface area contributed by atoms with Crippen molar-refractivity contribution in [3.63, 3.8) is 0 Å². The summed E-state index contributed by atoms with van der Waals surface area (Å²) in [5, 5.41) is 1.07. The van der Waals surface area contributed by atoms with Gasteiger partial charge in [0.15, 0.2) is 16.9 Å². The standard InChI is InChI=1S/C29H27ClN2O5/c1-31(2)14-15-32-26(25-27(33)20-9-5-7-11-22(20)37-28(25)29(32)34)18-12-13-23(24(16-18)35-3)36-17-19-8-4-6-10-21(19)30/h4-13,16,26H,14-15,17H2,1-3H3/p+1/t26-/m0/s1. The molecule has 0 aliphatic carbocycles. The third-order valence-corrected chi connectivity index (χ3v) is 6.94. The molecular formula is C29H28ClN2O5+. The number of fused-ring (bicyclic) bond motifs is 2. The van der Waals surface area contributed by atoms with Crippen molar-refractivity contribution in [1.29, 1.82) is 0 Å². The first-order valence-electron chi connectivity index (χ1n) is 12.1. The minimum atomic E-state index is -0.603. The summed E-state index contributed by atoms with van der Waals surface area (Å²) in [7, 11) is 5.60. The third-order valence-electron chi connectivity index (χ3n) is 6.57. The van der Waals surface area contributed by atoms with Crippen LogP contribution in [0.25, 0.3) is 11.0 Å². The molecule has 0 spiro atoms. The zero-order valence-electron chi connectivity index (χ0n) is 20.9. The van der Waals surface area contributed by atoms with E-state index in [0.29, 0.717) is 46.1 Å². The number of nitrogens with one attached hydrogen (secondary N) is 1. The summed E-state index contributed by atoms with van der Waals surface area (Å²) >= 11 is 6.27. The molecule has 37 heavy (non-hydrogen) atoms. The highest BCUT2D eigenvalue weighted by molar-refractivity contribution is 6.31. The molecule has 3 aromatic carbocycles. The van der Waals surface area contributed by atoms with Gasteiger partial charge in [-0.15, -0.1) is 0 Å².